The van der Waals surface area contributed by atoms with Crippen molar-refractivity contribution in [3.8, 4) is 0 Å². The van der Waals surface area contributed by atoms with Gasteiger partial charge in [-0.15, -0.1) is 0 Å². The van der Waals surface area contributed by atoms with E-state index < -0.39 is 24.0 Å². The fourth-order valence-electron chi connectivity index (χ4n) is 2.09. The number of rotatable bonds is 3. The molecule has 4 nitrogen and oxygen atoms in total. The standard InChI is InChI=1S/C13H15F3N2O2/c14-13(15,16)11(10-3-1-2-6-17-10)18-12(19)9-4-7-20-8-5-9/h1-3,6,9,11H,4-5,7-8H2,(H,18,19). The van der Waals surface area contributed by atoms with Crippen LogP contribution in [0.2, 0.25) is 0 Å². The zero-order valence-corrected chi connectivity index (χ0v) is 10.7. The number of aromatic nitrogens is 1. The molecular formula is C13H15F3N2O2. The number of nitrogens with one attached hydrogen (secondary N) is 1. The molecule has 0 bridgehead atoms. The van der Waals surface area contributed by atoms with Crippen LogP contribution in [0, 0.1) is 5.92 Å². The fourth-order valence-corrected chi connectivity index (χ4v) is 2.09. The van der Waals surface area contributed by atoms with Crippen LogP contribution in [-0.2, 0) is 9.53 Å². The molecule has 1 saturated heterocycles. The summed E-state index contributed by atoms with van der Waals surface area (Å²) in [7, 11) is 0. The van der Waals surface area contributed by atoms with Crippen LogP contribution in [0.25, 0.3) is 0 Å². The third-order valence-electron chi connectivity index (χ3n) is 3.19. The molecule has 0 radical (unpaired) electrons. The molecule has 0 spiro atoms. The predicted molar refractivity (Wildman–Crippen MR) is 64.7 cm³/mol. The lowest BCUT2D eigenvalue weighted by molar-refractivity contribution is -0.166. The van der Waals surface area contributed by atoms with E-state index in [4.69, 9.17) is 4.74 Å². The Morgan fingerprint density at radius 1 is 1.35 bits per heavy atom. The van der Waals surface area contributed by atoms with Crippen molar-refractivity contribution >= 4 is 5.91 Å². The lowest BCUT2D eigenvalue weighted by Gasteiger charge is -2.26. The number of alkyl halides is 3. The average Bonchev–Trinajstić information content (AvgIpc) is 2.45. The molecular weight excluding hydrogens is 273 g/mol. The number of carbonyl (C=O) groups is 1. The third kappa shape index (κ3) is 3.69. The molecule has 0 aromatic carbocycles. The molecule has 1 unspecified atom stereocenters. The van der Waals surface area contributed by atoms with E-state index in [2.05, 4.69) is 10.3 Å². The SMILES string of the molecule is O=C(NC(c1ccccn1)C(F)(F)F)C1CCOCC1. The van der Waals surface area contributed by atoms with Gasteiger partial charge in [-0.05, 0) is 25.0 Å². The first-order valence-corrected chi connectivity index (χ1v) is 6.34. The molecule has 20 heavy (non-hydrogen) atoms. The second-order valence-corrected chi connectivity index (χ2v) is 4.62. The van der Waals surface area contributed by atoms with Gasteiger partial charge in [0.15, 0.2) is 6.04 Å². The smallest absolute Gasteiger partial charge is 0.381 e. The van der Waals surface area contributed by atoms with Crippen LogP contribution in [-0.4, -0.2) is 30.3 Å². The molecule has 1 aromatic rings. The van der Waals surface area contributed by atoms with Gasteiger partial charge in [0.2, 0.25) is 5.91 Å². The van der Waals surface area contributed by atoms with Crippen molar-refractivity contribution in [3.05, 3.63) is 30.1 Å². The van der Waals surface area contributed by atoms with Crippen molar-refractivity contribution < 1.29 is 22.7 Å². The van der Waals surface area contributed by atoms with Gasteiger partial charge in [0.05, 0.1) is 5.69 Å². The van der Waals surface area contributed by atoms with Crippen LogP contribution in [0.4, 0.5) is 13.2 Å². The summed E-state index contributed by atoms with van der Waals surface area (Å²) in [6.07, 6.45) is -2.42. The van der Waals surface area contributed by atoms with E-state index >= 15 is 0 Å². The Morgan fingerprint density at radius 2 is 2.05 bits per heavy atom. The van der Waals surface area contributed by atoms with Crippen LogP contribution in [0.15, 0.2) is 24.4 Å². The van der Waals surface area contributed by atoms with E-state index in [0.717, 1.165) is 0 Å². The molecule has 2 heterocycles. The third-order valence-corrected chi connectivity index (χ3v) is 3.19. The summed E-state index contributed by atoms with van der Waals surface area (Å²) in [4.78, 5) is 15.6. The lowest BCUT2D eigenvalue weighted by atomic mass is 9.98. The first kappa shape index (κ1) is 14.8. The molecule has 0 saturated carbocycles. The predicted octanol–water partition coefficient (Wildman–Crippen LogP) is 2.23. The van der Waals surface area contributed by atoms with E-state index in [1.165, 1.54) is 24.4 Å². The molecule has 1 atom stereocenters. The van der Waals surface area contributed by atoms with E-state index in [0.29, 0.717) is 26.1 Å². The first-order valence-electron chi connectivity index (χ1n) is 6.34. The number of nitrogens with zero attached hydrogens (tertiary/aromatic N) is 1. The summed E-state index contributed by atoms with van der Waals surface area (Å²) >= 11 is 0. The first-order chi connectivity index (χ1) is 9.48. The Bertz CT molecular complexity index is 445. The molecule has 1 fully saturated rings. The zero-order chi connectivity index (χ0) is 14.6. The molecule has 0 aliphatic carbocycles. The molecule has 1 aromatic heterocycles. The highest BCUT2D eigenvalue weighted by molar-refractivity contribution is 5.79. The lowest BCUT2D eigenvalue weighted by Crippen LogP contribution is -2.42. The Labute approximate surface area is 114 Å². The van der Waals surface area contributed by atoms with Gasteiger partial charge in [-0.1, -0.05) is 6.07 Å². The van der Waals surface area contributed by atoms with E-state index in [1.807, 2.05) is 0 Å². The van der Waals surface area contributed by atoms with Crippen LogP contribution in [0.5, 0.6) is 0 Å². The number of pyridine rings is 1. The maximum absolute atomic E-state index is 13.1. The zero-order valence-electron chi connectivity index (χ0n) is 10.7. The van der Waals surface area contributed by atoms with Crippen molar-refractivity contribution in [2.45, 2.75) is 25.1 Å². The van der Waals surface area contributed by atoms with Gasteiger partial charge in [0.1, 0.15) is 0 Å². The number of amides is 1. The fraction of sp³-hybridized carbons (Fsp3) is 0.538. The summed E-state index contributed by atoms with van der Waals surface area (Å²) < 4.78 is 44.3. The summed E-state index contributed by atoms with van der Waals surface area (Å²) in [5.41, 5.74) is -0.208. The van der Waals surface area contributed by atoms with Gasteiger partial charge < -0.3 is 10.1 Å². The summed E-state index contributed by atoms with van der Waals surface area (Å²) in [5.74, 6) is -1.03. The van der Waals surface area contributed by atoms with Crippen molar-refractivity contribution in [1.29, 1.82) is 0 Å². The van der Waals surface area contributed by atoms with Gasteiger partial charge in [-0.3, -0.25) is 9.78 Å². The second kappa shape index (κ2) is 6.21. The molecule has 1 aliphatic heterocycles. The van der Waals surface area contributed by atoms with Gasteiger partial charge in [0.25, 0.3) is 0 Å². The number of carbonyl (C=O) groups excluding carboxylic acids is 1. The van der Waals surface area contributed by atoms with Crippen LogP contribution in [0.3, 0.4) is 0 Å². The highest BCUT2D eigenvalue weighted by Crippen LogP contribution is 2.32. The van der Waals surface area contributed by atoms with Gasteiger partial charge in [-0.2, -0.15) is 13.2 Å². The molecule has 2 rings (SSSR count). The number of halogens is 3. The topological polar surface area (TPSA) is 51.2 Å². The normalized spacial score (nSPS) is 18.6. The summed E-state index contributed by atoms with van der Waals surface area (Å²) in [5, 5.41) is 2.06. The van der Waals surface area contributed by atoms with E-state index in [9.17, 15) is 18.0 Å². The molecule has 7 heteroatoms. The maximum atomic E-state index is 13.1. The van der Waals surface area contributed by atoms with Gasteiger partial charge >= 0.3 is 6.18 Å². The Morgan fingerprint density at radius 3 is 2.60 bits per heavy atom. The average molecular weight is 288 g/mol. The quantitative estimate of drug-likeness (QED) is 0.928. The van der Waals surface area contributed by atoms with Crippen molar-refractivity contribution in [2.24, 2.45) is 5.92 Å². The highest BCUT2D eigenvalue weighted by Gasteiger charge is 2.43. The number of hydrogen-bond acceptors (Lipinski definition) is 3. The van der Waals surface area contributed by atoms with E-state index in [1.54, 1.807) is 0 Å². The van der Waals surface area contributed by atoms with Crippen molar-refractivity contribution in [2.75, 3.05) is 13.2 Å². The Balaban J connectivity index is 2.10. The molecule has 1 amide bonds. The number of ether oxygens (including phenoxy) is 1. The van der Waals surface area contributed by atoms with Gasteiger partial charge in [0, 0.05) is 25.3 Å². The summed E-state index contributed by atoms with van der Waals surface area (Å²) in [6.45, 7) is 0.802. The summed E-state index contributed by atoms with van der Waals surface area (Å²) in [6, 6.07) is 2.17. The molecule has 1 N–H and O–H groups in total. The Kier molecular flexibility index (Phi) is 4.59. The molecule has 1 aliphatic rings. The second-order valence-electron chi connectivity index (χ2n) is 4.62. The minimum atomic E-state index is -4.57. The van der Waals surface area contributed by atoms with Crippen molar-refractivity contribution in [3.63, 3.8) is 0 Å². The van der Waals surface area contributed by atoms with Crippen LogP contribution in [0.1, 0.15) is 24.6 Å². The largest absolute Gasteiger partial charge is 0.414 e. The maximum Gasteiger partial charge on any atom is 0.414 e. The minimum Gasteiger partial charge on any atom is -0.381 e. The Hall–Kier alpha value is -1.63. The van der Waals surface area contributed by atoms with E-state index in [-0.39, 0.29) is 5.69 Å². The molecule has 110 valence electrons. The highest BCUT2D eigenvalue weighted by atomic mass is 19.4. The van der Waals surface area contributed by atoms with Crippen molar-refractivity contribution in [1.82, 2.24) is 10.3 Å². The number of hydrogen-bond donors (Lipinski definition) is 1. The monoisotopic (exact) mass is 288 g/mol. The van der Waals surface area contributed by atoms with Gasteiger partial charge in [-0.25, -0.2) is 0 Å². The van der Waals surface area contributed by atoms with Crippen LogP contribution < -0.4 is 5.32 Å². The minimum absolute atomic E-state index is 0.208. The van der Waals surface area contributed by atoms with Crippen LogP contribution >= 0.6 is 0 Å².